The minimum absolute atomic E-state index is 0.241. The summed E-state index contributed by atoms with van der Waals surface area (Å²) in [6.07, 6.45) is 9.47. The van der Waals surface area contributed by atoms with Gasteiger partial charge in [-0.1, -0.05) is 74.0 Å². The number of anilines is 2. The van der Waals surface area contributed by atoms with E-state index in [0.717, 1.165) is 47.5 Å². The zero-order chi connectivity index (χ0) is 32.0. The van der Waals surface area contributed by atoms with Crippen LogP contribution in [0, 0.1) is 11.7 Å². The summed E-state index contributed by atoms with van der Waals surface area (Å²) in [5, 5.41) is 10.4. The average Bonchev–Trinajstić information content (AvgIpc) is 3.61. The number of aromatic carboxylic acids is 1. The first-order valence-corrected chi connectivity index (χ1v) is 16.8. The van der Waals surface area contributed by atoms with Gasteiger partial charge in [0.25, 0.3) is 0 Å². The number of nitrogens with zero attached hydrogens (tertiary/aromatic N) is 2. The molecule has 0 spiro atoms. The minimum Gasteiger partial charge on any atom is -0.489 e. The van der Waals surface area contributed by atoms with Gasteiger partial charge in [-0.15, -0.1) is 0 Å². The van der Waals surface area contributed by atoms with Crippen molar-refractivity contribution in [2.45, 2.75) is 64.5 Å². The van der Waals surface area contributed by atoms with E-state index in [4.69, 9.17) is 16.3 Å². The van der Waals surface area contributed by atoms with Crippen molar-refractivity contribution in [3.63, 3.8) is 0 Å². The van der Waals surface area contributed by atoms with E-state index in [-0.39, 0.29) is 11.4 Å². The molecule has 240 valence electrons. The van der Waals surface area contributed by atoms with Crippen LogP contribution in [-0.4, -0.2) is 31.2 Å². The van der Waals surface area contributed by atoms with E-state index in [1.807, 2.05) is 48.3 Å². The van der Waals surface area contributed by atoms with Gasteiger partial charge in [0.1, 0.15) is 18.2 Å². The Hall–Kier alpha value is -4.03. The Kier molecular flexibility index (Phi) is 10.1. The summed E-state index contributed by atoms with van der Waals surface area (Å²) in [5.74, 6) is -0.252. The predicted molar refractivity (Wildman–Crippen MR) is 185 cm³/mol. The molecule has 0 aromatic heterocycles. The second-order valence-electron chi connectivity index (χ2n) is 12.8. The van der Waals surface area contributed by atoms with Gasteiger partial charge in [0.05, 0.1) is 5.56 Å². The number of halogens is 2. The quantitative estimate of drug-likeness (QED) is 0.177. The number of ether oxygens (including phenoxy) is 1. The van der Waals surface area contributed by atoms with Gasteiger partial charge in [-0.3, -0.25) is 0 Å². The molecule has 2 fully saturated rings. The molecular formula is C39H42ClFN2O3. The predicted octanol–water partition coefficient (Wildman–Crippen LogP) is 9.78. The maximum absolute atomic E-state index is 15.6. The summed E-state index contributed by atoms with van der Waals surface area (Å²) in [6.45, 7) is 2.70. The van der Waals surface area contributed by atoms with Crippen LogP contribution >= 0.6 is 11.6 Å². The van der Waals surface area contributed by atoms with Crippen molar-refractivity contribution in [3.8, 4) is 16.9 Å². The molecule has 5 nitrogen and oxygen atoms in total. The average molecular weight is 641 g/mol. The van der Waals surface area contributed by atoms with Crippen LogP contribution in [0.5, 0.6) is 5.75 Å². The number of carbonyl (C=O) groups is 1. The molecular weight excluding hydrogens is 599 g/mol. The summed E-state index contributed by atoms with van der Waals surface area (Å²) in [6, 6.07) is 24.7. The second-order valence-corrected chi connectivity index (χ2v) is 13.2. The lowest BCUT2D eigenvalue weighted by Crippen LogP contribution is -2.21. The Morgan fingerprint density at radius 2 is 1.63 bits per heavy atom. The van der Waals surface area contributed by atoms with Crippen LogP contribution in [0.4, 0.5) is 15.8 Å². The Balaban J connectivity index is 1.19. The van der Waals surface area contributed by atoms with E-state index < -0.39 is 5.97 Å². The maximum Gasteiger partial charge on any atom is 0.335 e. The second kappa shape index (κ2) is 14.6. The molecule has 1 heterocycles. The van der Waals surface area contributed by atoms with Crippen LogP contribution in [0.25, 0.3) is 11.1 Å². The number of rotatable bonds is 11. The SMILES string of the molecule is CN(Cc1ccc(OCc2cc(N3CCCC3)ccc2-c2ccc(Cl)cc2)cc1F)c1cc(C(=O)O)ccc1CC1CCCCC1. The highest BCUT2D eigenvalue weighted by molar-refractivity contribution is 6.30. The van der Waals surface area contributed by atoms with Crippen molar-refractivity contribution in [1.82, 2.24) is 0 Å². The first-order valence-electron chi connectivity index (χ1n) is 16.5. The molecule has 4 aromatic carbocycles. The molecule has 1 saturated carbocycles. The van der Waals surface area contributed by atoms with Gasteiger partial charge in [-0.05, 0) is 89.9 Å². The van der Waals surface area contributed by atoms with Gasteiger partial charge in [0, 0.05) is 54.7 Å². The summed E-state index contributed by atoms with van der Waals surface area (Å²) in [5.41, 5.74) is 7.04. The lowest BCUT2D eigenvalue weighted by molar-refractivity contribution is 0.0697. The highest BCUT2D eigenvalue weighted by Gasteiger charge is 2.20. The van der Waals surface area contributed by atoms with E-state index >= 15 is 4.39 Å². The fourth-order valence-electron chi connectivity index (χ4n) is 6.96. The fourth-order valence-corrected chi connectivity index (χ4v) is 7.08. The van der Waals surface area contributed by atoms with E-state index in [0.29, 0.717) is 35.4 Å². The van der Waals surface area contributed by atoms with E-state index in [1.54, 1.807) is 18.2 Å². The molecule has 1 aliphatic carbocycles. The number of hydrogen-bond donors (Lipinski definition) is 1. The van der Waals surface area contributed by atoms with Crippen LogP contribution < -0.4 is 14.5 Å². The standard InChI is InChI=1S/C39H42ClFN2O3/c1-42(38-23-30(39(44)45)10-9-29(38)21-27-7-3-2-4-8-27)25-31-13-17-35(24-37(31)41)46-26-32-22-34(43-19-5-6-20-43)16-18-36(32)28-11-14-33(40)15-12-28/h9-18,22-24,27H,2-8,19-21,25-26H2,1H3,(H,44,45). The Labute approximate surface area is 276 Å². The van der Waals surface area contributed by atoms with Crippen molar-refractivity contribution in [3.05, 3.63) is 112 Å². The first-order chi connectivity index (χ1) is 22.3. The highest BCUT2D eigenvalue weighted by Crippen LogP contribution is 2.34. The lowest BCUT2D eigenvalue weighted by Gasteiger charge is -2.27. The van der Waals surface area contributed by atoms with Crippen molar-refractivity contribution in [1.29, 1.82) is 0 Å². The monoisotopic (exact) mass is 640 g/mol. The zero-order valence-electron chi connectivity index (χ0n) is 26.5. The maximum atomic E-state index is 15.6. The molecule has 0 unspecified atom stereocenters. The van der Waals surface area contributed by atoms with Gasteiger partial charge in [-0.2, -0.15) is 0 Å². The van der Waals surface area contributed by atoms with E-state index in [2.05, 4.69) is 23.1 Å². The van der Waals surface area contributed by atoms with Crippen LogP contribution in [0.3, 0.4) is 0 Å². The fraction of sp³-hybridized carbons (Fsp3) is 0.359. The number of hydrogen-bond acceptors (Lipinski definition) is 4. The molecule has 4 aromatic rings. The molecule has 1 N–H and O–H groups in total. The normalized spacial score (nSPS) is 15.2. The smallest absolute Gasteiger partial charge is 0.335 e. The molecule has 0 atom stereocenters. The molecule has 0 radical (unpaired) electrons. The van der Waals surface area contributed by atoms with Crippen molar-refractivity contribution in [2.24, 2.45) is 5.92 Å². The molecule has 0 bridgehead atoms. The van der Waals surface area contributed by atoms with E-state index in [9.17, 15) is 9.90 Å². The molecule has 0 amide bonds. The number of carboxylic acid groups (broad SMARTS) is 1. The minimum atomic E-state index is -0.961. The third kappa shape index (κ3) is 7.67. The van der Waals surface area contributed by atoms with Crippen molar-refractivity contribution < 1.29 is 19.0 Å². The first kappa shape index (κ1) is 31.9. The van der Waals surface area contributed by atoms with E-state index in [1.165, 1.54) is 56.7 Å². The molecule has 1 saturated heterocycles. The molecule has 2 aliphatic rings. The Morgan fingerprint density at radius 1 is 0.891 bits per heavy atom. The largest absolute Gasteiger partial charge is 0.489 e. The topological polar surface area (TPSA) is 53.0 Å². The number of benzene rings is 4. The van der Waals surface area contributed by atoms with Gasteiger partial charge in [-0.25, -0.2) is 9.18 Å². The highest BCUT2D eigenvalue weighted by atomic mass is 35.5. The van der Waals surface area contributed by atoms with Gasteiger partial charge in [0.15, 0.2) is 0 Å². The van der Waals surface area contributed by atoms with Crippen molar-refractivity contribution in [2.75, 3.05) is 29.9 Å². The van der Waals surface area contributed by atoms with Gasteiger partial charge >= 0.3 is 5.97 Å². The van der Waals surface area contributed by atoms with Crippen LogP contribution in [0.2, 0.25) is 5.02 Å². The molecule has 46 heavy (non-hydrogen) atoms. The van der Waals surface area contributed by atoms with Gasteiger partial charge in [0.2, 0.25) is 0 Å². The lowest BCUT2D eigenvalue weighted by atomic mass is 9.84. The van der Waals surface area contributed by atoms with Crippen LogP contribution in [0.15, 0.2) is 78.9 Å². The summed E-state index contributed by atoms with van der Waals surface area (Å²) >= 11 is 6.16. The summed E-state index contributed by atoms with van der Waals surface area (Å²) in [4.78, 5) is 16.2. The zero-order valence-corrected chi connectivity index (χ0v) is 27.2. The van der Waals surface area contributed by atoms with Gasteiger partial charge < -0.3 is 19.6 Å². The third-order valence-electron chi connectivity index (χ3n) is 9.52. The molecule has 6 rings (SSSR count). The summed E-state index contributed by atoms with van der Waals surface area (Å²) in [7, 11) is 1.90. The number of carboxylic acids is 1. The van der Waals surface area contributed by atoms with Crippen LogP contribution in [0.1, 0.15) is 72.0 Å². The summed E-state index contributed by atoms with van der Waals surface area (Å²) < 4.78 is 21.8. The van der Waals surface area contributed by atoms with Crippen molar-refractivity contribution >= 4 is 28.9 Å². The third-order valence-corrected chi connectivity index (χ3v) is 9.77. The molecule has 7 heteroatoms. The van der Waals surface area contributed by atoms with Crippen LogP contribution in [-0.2, 0) is 19.6 Å². The molecule has 1 aliphatic heterocycles. The Bertz CT molecular complexity index is 1660. The Morgan fingerprint density at radius 3 is 2.35 bits per heavy atom.